The van der Waals surface area contributed by atoms with Gasteiger partial charge in [-0.05, 0) is 31.1 Å². The van der Waals surface area contributed by atoms with Crippen LogP contribution in [0.1, 0.15) is 38.5 Å². The number of rotatable bonds is 1. The highest BCUT2D eigenvalue weighted by Crippen LogP contribution is 2.60. The summed E-state index contributed by atoms with van der Waals surface area (Å²) in [6, 6.07) is 0.191. The Bertz CT molecular complexity index is 431. The molecule has 3 nitrogen and oxygen atoms in total. The van der Waals surface area contributed by atoms with Gasteiger partial charge in [-0.15, -0.1) is 0 Å². The molecule has 0 N–H and O–H groups in total. The van der Waals surface area contributed by atoms with Crippen molar-refractivity contribution in [3.63, 3.8) is 0 Å². The molecular weight excluding hydrogens is 386 g/mol. The lowest BCUT2D eigenvalue weighted by Gasteiger charge is -2.30. The summed E-state index contributed by atoms with van der Waals surface area (Å²) in [7, 11) is 0. The Morgan fingerprint density at radius 1 is 0.850 bits per heavy atom. The first-order valence-electron chi connectivity index (χ1n) is 7.76. The van der Waals surface area contributed by atoms with Crippen LogP contribution in [0.3, 0.4) is 0 Å². The molecule has 20 heavy (non-hydrogen) atoms. The summed E-state index contributed by atoms with van der Waals surface area (Å²) >= 11 is 7.46. The quantitative estimate of drug-likeness (QED) is 0.497. The van der Waals surface area contributed by atoms with Crippen LogP contribution in [0.15, 0.2) is 0 Å². The van der Waals surface area contributed by atoms with Gasteiger partial charge in [0.25, 0.3) is 0 Å². The maximum Gasteiger partial charge on any atom is 0.233 e. The van der Waals surface area contributed by atoms with Crippen molar-refractivity contribution in [2.24, 2.45) is 23.7 Å². The van der Waals surface area contributed by atoms with Crippen molar-refractivity contribution in [3.05, 3.63) is 0 Å². The van der Waals surface area contributed by atoms with E-state index in [1.807, 2.05) is 0 Å². The lowest BCUT2D eigenvalue weighted by molar-refractivity contribution is -0.144. The van der Waals surface area contributed by atoms with Gasteiger partial charge < -0.3 is 0 Å². The summed E-state index contributed by atoms with van der Waals surface area (Å²) in [5, 5.41) is 0. The second-order valence-electron chi connectivity index (χ2n) is 6.84. The summed E-state index contributed by atoms with van der Waals surface area (Å²) in [5.74, 6) is 0.908. The van der Waals surface area contributed by atoms with E-state index in [0.29, 0.717) is 21.5 Å². The zero-order valence-electron chi connectivity index (χ0n) is 11.3. The molecule has 4 rings (SSSR count). The van der Waals surface area contributed by atoms with E-state index in [2.05, 4.69) is 31.9 Å². The minimum absolute atomic E-state index is 0.0346. The van der Waals surface area contributed by atoms with Crippen LogP contribution in [-0.2, 0) is 9.59 Å². The van der Waals surface area contributed by atoms with Gasteiger partial charge in [-0.2, -0.15) is 0 Å². The number of hydrogen-bond acceptors (Lipinski definition) is 2. The Labute approximate surface area is 136 Å². The van der Waals surface area contributed by atoms with Crippen LogP contribution in [0.25, 0.3) is 0 Å². The number of halogens is 2. The topological polar surface area (TPSA) is 37.4 Å². The zero-order chi connectivity index (χ0) is 14.0. The molecule has 3 aliphatic carbocycles. The van der Waals surface area contributed by atoms with Crippen LogP contribution in [0.2, 0.25) is 0 Å². The van der Waals surface area contributed by atoms with Gasteiger partial charge in [0.1, 0.15) is 0 Å². The standard InChI is InChI=1S/C15H19Br2NO2/c16-12-8-6-9(13(12)17)11-10(8)14(19)18(15(11)20)7-4-2-1-3-5-7/h7-13H,1-6H2/t8-,9+,10-,11-,12+,13-/m0/s1. The van der Waals surface area contributed by atoms with Crippen molar-refractivity contribution in [1.82, 2.24) is 4.90 Å². The smallest absolute Gasteiger partial charge is 0.233 e. The van der Waals surface area contributed by atoms with Gasteiger partial charge in [-0.3, -0.25) is 14.5 Å². The molecule has 6 atom stereocenters. The summed E-state index contributed by atoms with van der Waals surface area (Å²) in [6.07, 6.45) is 6.62. The summed E-state index contributed by atoms with van der Waals surface area (Å²) in [5.41, 5.74) is 0. The largest absolute Gasteiger partial charge is 0.279 e. The second kappa shape index (κ2) is 4.80. The third-order valence-electron chi connectivity index (χ3n) is 5.96. The fourth-order valence-electron chi connectivity index (χ4n) is 5.07. The fraction of sp³-hybridized carbons (Fsp3) is 0.867. The monoisotopic (exact) mass is 403 g/mol. The maximum atomic E-state index is 12.8. The normalized spacial score (nSPS) is 48.2. The average molecular weight is 405 g/mol. The van der Waals surface area contributed by atoms with Crippen LogP contribution in [0.5, 0.6) is 0 Å². The van der Waals surface area contributed by atoms with Gasteiger partial charge in [0.05, 0.1) is 11.8 Å². The molecule has 4 aliphatic rings. The molecule has 3 saturated carbocycles. The van der Waals surface area contributed by atoms with E-state index in [0.717, 1.165) is 32.1 Å². The number of amides is 2. The molecule has 0 unspecified atom stereocenters. The maximum absolute atomic E-state index is 12.8. The molecule has 5 heteroatoms. The fourth-order valence-corrected chi connectivity index (χ4v) is 6.94. The Morgan fingerprint density at radius 3 is 1.85 bits per heavy atom. The van der Waals surface area contributed by atoms with Crippen molar-refractivity contribution in [2.45, 2.75) is 54.2 Å². The molecule has 2 bridgehead atoms. The molecule has 1 saturated heterocycles. The summed E-state index contributed by atoms with van der Waals surface area (Å²) in [4.78, 5) is 28.0. The predicted octanol–water partition coefficient (Wildman–Crippen LogP) is 3.10. The molecular formula is C15H19Br2NO2. The Balaban J connectivity index is 1.63. The lowest BCUT2D eigenvalue weighted by atomic mass is 9.81. The van der Waals surface area contributed by atoms with Crippen LogP contribution in [0.4, 0.5) is 0 Å². The van der Waals surface area contributed by atoms with E-state index in [1.165, 1.54) is 6.42 Å². The molecule has 110 valence electrons. The predicted molar refractivity (Wildman–Crippen MR) is 82.7 cm³/mol. The van der Waals surface area contributed by atoms with E-state index in [-0.39, 0.29) is 29.7 Å². The molecule has 1 heterocycles. The number of hydrogen-bond donors (Lipinski definition) is 0. The first-order chi connectivity index (χ1) is 9.61. The van der Waals surface area contributed by atoms with Crippen LogP contribution in [-0.4, -0.2) is 32.4 Å². The van der Waals surface area contributed by atoms with Crippen molar-refractivity contribution >= 4 is 43.7 Å². The van der Waals surface area contributed by atoms with Gasteiger partial charge in [-0.1, -0.05) is 51.1 Å². The van der Waals surface area contributed by atoms with Crippen LogP contribution >= 0.6 is 31.9 Å². The molecule has 0 aromatic rings. The zero-order valence-corrected chi connectivity index (χ0v) is 14.5. The van der Waals surface area contributed by atoms with Gasteiger partial charge in [0.15, 0.2) is 0 Å². The summed E-state index contributed by atoms with van der Waals surface area (Å²) < 4.78 is 0. The number of fused-ring (bicyclic) bond motifs is 5. The molecule has 2 amide bonds. The first kappa shape index (κ1) is 13.7. The number of imide groups is 1. The Hall–Kier alpha value is 0.1000. The molecule has 0 radical (unpaired) electrons. The van der Waals surface area contributed by atoms with Crippen molar-refractivity contribution in [3.8, 4) is 0 Å². The number of carbonyl (C=O) groups excluding carboxylic acids is 2. The number of alkyl halides is 2. The third-order valence-corrected chi connectivity index (χ3v) is 9.17. The number of likely N-dealkylation sites (tertiary alicyclic amines) is 1. The third kappa shape index (κ3) is 1.68. The van der Waals surface area contributed by atoms with Crippen molar-refractivity contribution in [1.29, 1.82) is 0 Å². The van der Waals surface area contributed by atoms with Crippen LogP contribution in [0, 0.1) is 23.7 Å². The Morgan fingerprint density at radius 2 is 1.35 bits per heavy atom. The highest BCUT2D eigenvalue weighted by atomic mass is 79.9. The minimum atomic E-state index is -0.0346. The second-order valence-corrected chi connectivity index (χ2v) is 8.96. The molecule has 0 spiro atoms. The van der Waals surface area contributed by atoms with E-state index in [1.54, 1.807) is 4.90 Å². The lowest BCUT2D eigenvalue weighted by Crippen LogP contribution is -2.42. The van der Waals surface area contributed by atoms with Crippen LogP contribution < -0.4 is 0 Å². The summed E-state index contributed by atoms with van der Waals surface area (Å²) in [6.45, 7) is 0. The average Bonchev–Trinajstić information content (AvgIpc) is 3.05. The van der Waals surface area contributed by atoms with Crippen molar-refractivity contribution in [2.75, 3.05) is 0 Å². The Kier molecular flexibility index (Phi) is 3.30. The van der Waals surface area contributed by atoms with Gasteiger partial charge in [-0.25, -0.2) is 0 Å². The SMILES string of the molecule is O=C1[C@H]2[C@@H]3C[C@@H]([C@H](Br)[C@@H]3Br)[C@@H]2C(=O)N1C1CCCCC1. The highest BCUT2D eigenvalue weighted by Gasteiger charge is 2.66. The first-order valence-corrected chi connectivity index (χ1v) is 9.59. The van der Waals surface area contributed by atoms with Crippen molar-refractivity contribution < 1.29 is 9.59 Å². The van der Waals surface area contributed by atoms with Gasteiger partial charge >= 0.3 is 0 Å². The van der Waals surface area contributed by atoms with E-state index in [4.69, 9.17) is 0 Å². The molecule has 0 aromatic carbocycles. The van der Waals surface area contributed by atoms with E-state index < -0.39 is 0 Å². The van der Waals surface area contributed by atoms with Gasteiger partial charge in [0.2, 0.25) is 11.8 Å². The van der Waals surface area contributed by atoms with E-state index >= 15 is 0 Å². The highest BCUT2D eigenvalue weighted by molar-refractivity contribution is 9.12. The van der Waals surface area contributed by atoms with Gasteiger partial charge in [0, 0.05) is 15.7 Å². The number of nitrogens with zero attached hydrogens (tertiary/aromatic N) is 1. The molecule has 0 aromatic heterocycles. The number of carbonyl (C=O) groups is 2. The van der Waals surface area contributed by atoms with E-state index in [9.17, 15) is 9.59 Å². The molecule has 4 fully saturated rings. The minimum Gasteiger partial charge on any atom is -0.279 e. The molecule has 1 aliphatic heterocycles.